The van der Waals surface area contributed by atoms with E-state index < -0.39 is 84.4 Å². The van der Waals surface area contributed by atoms with Crippen molar-refractivity contribution in [3.05, 3.63) is 118 Å². The Morgan fingerprint density at radius 2 is 1.61 bits per heavy atom. The van der Waals surface area contributed by atoms with E-state index >= 15 is 8.78 Å². The number of rotatable bonds is 11. The van der Waals surface area contributed by atoms with Crippen molar-refractivity contribution >= 4 is 11.6 Å². The Morgan fingerprint density at radius 3 is 2.33 bits per heavy atom. The fourth-order valence-corrected chi connectivity index (χ4v) is 7.30. The van der Waals surface area contributed by atoms with Crippen molar-refractivity contribution in [2.75, 3.05) is 7.11 Å². The van der Waals surface area contributed by atoms with E-state index in [1.165, 1.54) is 13.3 Å². The summed E-state index contributed by atoms with van der Waals surface area (Å²) in [6, 6.07) is 14.6. The third kappa shape index (κ3) is 7.10. The van der Waals surface area contributed by atoms with E-state index in [0.717, 1.165) is 17.7 Å². The first-order chi connectivity index (χ1) is 25.6. The van der Waals surface area contributed by atoms with Gasteiger partial charge in [-0.15, -0.1) is 0 Å². The van der Waals surface area contributed by atoms with Crippen LogP contribution < -0.4 is 4.74 Å². The number of aromatic nitrogens is 4. The molecule has 0 radical (unpaired) electrons. The Hall–Kier alpha value is -5.47. The minimum atomic E-state index is -4.04. The van der Waals surface area contributed by atoms with Crippen LogP contribution in [0.3, 0.4) is 0 Å². The van der Waals surface area contributed by atoms with Gasteiger partial charge in [0.05, 0.1) is 24.1 Å². The zero-order valence-corrected chi connectivity index (χ0v) is 28.5. The van der Waals surface area contributed by atoms with Crippen molar-refractivity contribution in [3.8, 4) is 28.3 Å². The zero-order valence-electron chi connectivity index (χ0n) is 28.5. The van der Waals surface area contributed by atoms with E-state index in [4.69, 9.17) is 9.72 Å². The van der Waals surface area contributed by atoms with Gasteiger partial charge in [0.15, 0.2) is 11.6 Å². The number of aryl methyl sites for hydroxylation is 1. The SMILES string of the molecule is COc1cc(-c2ccc(-c3ccc4c(c3)C(=O)CC4)c([C@@H](CC(=O)Cn3nc(C(F)F)c4c3C(F)(F)CCC4(F)F)Cc3cc(F)cc(F)c3)n2)ccn1. The predicted octanol–water partition coefficient (Wildman–Crippen LogP) is 9.32. The third-order valence-electron chi connectivity index (χ3n) is 9.75. The summed E-state index contributed by atoms with van der Waals surface area (Å²) < 4.78 is 122. The highest BCUT2D eigenvalue weighted by Gasteiger charge is 2.55. The lowest BCUT2D eigenvalue weighted by Gasteiger charge is -2.29. The van der Waals surface area contributed by atoms with E-state index in [1.807, 2.05) is 0 Å². The highest BCUT2D eigenvalue weighted by molar-refractivity contribution is 6.01. The highest BCUT2D eigenvalue weighted by Crippen LogP contribution is 2.52. The molecule has 0 saturated heterocycles. The highest BCUT2D eigenvalue weighted by atomic mass is 19.3. The maximum atomic E-state index is 15.2. The van der Waals surface area contributed by atoms with Gasteiger partial charge in [-0.25, -0.2) is 31.3 Å². The van der Waals surface area contributed by atoms with Gasteiger partial charge < -0.3 is 4.74 Å². The molecule has 5 aromatic rings. The Kier molecular flexibility index (Phi) is 9.60. The van der Waals surface area contributed by atoms with E-state index in [-0.39, 0.29) is 34.0 Å². The number of carbonyl (C=O) groups is 2. The molecule has 0 bridgehead atoms. The number of hydrogen-bond acceptors (Lipinski definition) is 6. The van der Waals surface area contributed by atoms with E-state index in [1.54, 1.807) is 42.5 Å². The molecule has 7 rings (SSSR count). The topological polar surface area (TPSA) is 87.0 Å². The molecule has 0 spiro atoms. The molecule has 54 heavy (non-hydrogen) atoms. The number of benzene rings is 2. The molecule has 7 nitrogen and oxygen atoms in total. The molecule has 0 N–H and O–H groups in total. The van der Waals surface area contributed by atoms with Crippen LogP contribution in [0.2, 0.25) is 0 Å². The predicted molar refractivity (Wildman–Crippen MR) is 179 cm³/mol. The molecule has 0 amide bonds. The summed E-state index contributed by atoms with van der Waals surface area (Å²) in [6.07, 6.45) is -4.83. The van der Waals surface area contributed by atoms with E-state index in [9.17, 15) is 35.9 Å². The Balaban J connectivity index is 1.36. The summed E-state index contributed by atoms with van der Waals surface area (Å²) in [5.41, 5.74) is -1.09. The standard InChI is InChI=1S/C39H30F8N4O3/c1-54-32-17-23(8-11-48-32)30-6-5-28(22-3-2-21-4-7-31(53)29(21)16-22)34(49-30)24(12-20-13-25(40)18-26(41)14-20)15-27(52)19-51-36-33(35(50-51)37(42)43)38(44,45)9-10-39(36,46)47/h2-3,5-6,8,11,13-14,16-18,24,37H,4,7,9-10,12,15,19H2,1H3/t24-/m1/s1. The number of halogens is 8. The van der Waals surface area contributed by atoms with Crippen molar-refractivity contribution in [2.24, 2.45) is 0 Å². The summed E-state index contributed by atoms with van der Waals surface area (Å²) in [6.45, 7) is -1.08. The number of pyridine rings is 2. The van der Waals surface area contributed by atoms with Gasteiger partial charge in [0.2, 0.25) is 5.88 Å². The Bertz CT molecular complexity index is 2270. The number of carbonyl (C=O) groups excluding carboxylic acids is 2. The summed E-state index contributed by atoms with van der Waals surface area (Å²) in [7, 11) is 1.42. The lowest BCUT2D eigenvalue weighted by atomic mass is 9.85. The molecule has 0 fully saturated rings. The molecule has 0 aliphatic heterocycles. The fraction of sp³-hybridized carbons (Fsp3) is 0.308. The van der Waals surface area contributed by atoms with Gasteiger partial charge in [-0.3, -0.25) is 19.3 Å². The summed E-state index contributed by atoms with van der Waals surface area (Å²) in [5, 5.41) is 3.41. The number of Topliss-reactive ketones (excluding diaryl/α,β-unsaturated/α-hetero) is 2. The molecular weight excluding hydrogens is 724 g/mol. The Labute approximate surface area is 303 Å². The molecule has 2 aromatic carbocycles. The minimum absolute atomic E-state index is 0.0723. The Morgan fingerprint density at radius 1 is 0.870 bits per heavy atom. The van der Waals surface area contributed by atoms with Crippen LogP contribution in [-0.4, -0.2) is 38.4 Å². The summed E-state index contributed by atoms with van der Waals surface area (Å²) >= 11 is 0. The quantitative estimate of drug-likeness (QED) is 0.125. The summed E-state index contributed by atoms with van der Waals surface area (Å²) in [5.74, 6) is -11.6. The summed E-state index contributed by atoms with van der Waals surface area (Å²) in [4.78, 5) is 35.6. The average molecular weight is 755 g/mol. The molecule has 15 heteroatoms. The molecule has 2 aliphatic carbocycles. The zero-order chi connectivity index (χ0) is 38.5. The van der Waals surface area contributed by atoms with Gasteiger partial charge in [0, 0.05) is 66.6 Å². The molecule has 280 valence electrons. The monoisotopic (exact) mass is 754 g/mol. The lowest BCUT2D eigenvalue weighted by molar-refractivity contribution is -0.121. The van der Waals surface area contributed by atoms with Crippen molar-refractivity contribution in [1.29, 1.82) is 0 Å². The van der Waals surface area contributed by atoms with Gasteiger partial charge in [-0.1, -0.05) is 18.2 Å². The number of ketones is 2. The van der Waals surface area contributed by atoms with Crippen LogP contribution in [-0.2, 0) is 36.0 Å². The molecular formula is C39H30F8N4O3. The average Bonchev–Trinajstić information content (AvgIpc) is 3.71. The number of hydrogen-bond donors (Lipinski definition) is 0. The molecule has 1 atom stereocenters. The minimum Gasteiger partial charge on any atom is -0.481 e. The third-order valence-corrected chi connectivity index (χ3v) is 9.75. The van der Waals surface area contributed by atoms with Crippen LogP contribution in [0.4, 0.5) is 35.1 Å². The molecule has 2 aliphatic rings. The van der Waals surface area contributed by atoms with Crippen LogP contribution in [0.25, 0.3) is 22.4 Å². The van der Waals surface area contributed by atoms with E-state index in [0.29, 0.717) is 46.9 Å². The normalized spacial score (nSPS) is 16.3. The van der Waals surface area contributed by atoms with E-state index in [2.05, 4.69) is 10.1 Å². The number of fused-ring (bicyclic) bond motifs is 2. The van der Waals surface area contributed by atoms with Crippen LogP contribution in [0, 0.1) is 11.6 Å². The van der Waals surface area contributed by atoms with Gasteiger partial charge in [0.25, 0.3) is 18.3 Å². The number of alkyl halides is 6. The first kappa shape index (κ1) is 36.9. The largest absolute Gasteiger partial charge is 0.481 e. The second-order valence-corrected chi connectivity index (χ2v) is 13.4. The molecule has 0 saturated carbocycles. The van der Waals surface area contributed by atoms with Crippen LogP contribution >= 0.6 is 0 Å². The second kappa shape index (κ2) is 14.1. The first-order valence-electron chi connectivity index (χ1n) is 16.9. The van der Waals surface area contributed by atoms with Gasteiger partial charge in [-0.2, -0.15) is 13.9 Å². The fourth-order valence-electron chi connectivity index (χ4n) is 7.30. The van der Waals surface area contributed by atoms with Crippen molar-refractivity contribution in [2.45, 2.75) is 69.3 Å². The molecule has 3 heterocycles. The van der Waals surface area contributed by atoms with Gasteiger partial charge in [0.1, 0.15) is 29.6 Å². The van der Waals surface area contributed by atoms with Crippen molar-refractivity contribution < 1.29 is 49.4 Å². The number of methoxy groups -OCH3 is 1. The van der Waals surface area contributed by atoms with Crippen LogP contribution in [0.15, 0.2) is 66.9 Å². The van der Waals surface area contributed by atoms with Gasteiger partial charge in [-0.05, 0) is 59.9 Å². The van der Waals surface area contributed by atoms with Crippen molar-refractivity contribution in [3.63, 3.8) is 0 Å². The molecule has 3 aromatic heterocycles. The second-order valence-electron chi connectivity index (χ2n) is 13.4. The maximum Gasteiger partial charge on any atom is 0.290 e. The first-order valence-corrected chi connectivity index (χ1v) is 16.9. The van der Waals surface area contributed by atoms with Crippen LogP contribution in [0.1, 0.15) is 82.2 Å². The smallest absolute Gasteiger partial charge is 0.290 e. The maximum absolute atomic E-state index is 15.2. The lowest BCUT2D eigenvalue weighted by Crippen LogP contribution is -2.33. The van der Waals surface area contributed by atoms with Gasteiger partial charge >= 0.3 is 0 Å². The van der Waals surface area contributed by atoms with Crippen molar-refractivity contribution in [1.82, 2.24) is 19.7 Å². The number of nitrogens with zero attached hydrogens (tertiary/aromatic N) is 4. The van der Waals surface area contributed by atoms with Crippen LogP contribution in [0.5, 0.6) is 5.88 Å². The molecule has 0 unspecified atom stereocenters. The number of ether oxygens (including phenoxy) is 1.